The fraction of sp³-hybridized carbons (Fsp3) is 0.333. The van der Waals surface area contributed by atoms with Crippen molar-refractivity contribution in [2.24, 2.45) is 5.73 Å². The lowest BCUT2D eigenvalue weighted by Gasteiger charge is -2.11. The van der Waals surface area contributed by atoms with Crippen molar-refractivity contribution in [3.05, 3.63) is 28.8 Å². The third-order valence-electron chi connectivity index (χ3n) is 1.68. The highest BCUT2D eigenvalue weighted by molar-refractivity contribution is 6.30. The molecule has 3 heteroatoms. The highest BCUT2D eigenvalue weighted by atomic mass is 35.5. The van der Waals surface area contributed by atoms with Crippen LogP contribution < -0.4 is 10.5 Å². The van der Waals surface area contributed by atoms with Crippen molar-refractivity contribution in [1.82, 2.24) is 0 Å². The standard InChI is InChI=1S/C9H12ClNO/c1-6(11)8-5-7(10)3-4-9(8)12-2/h3-6H,11H2,1-2H3/t6-/m1/s1. The van der Waals surface area contributed by atoms with Gasteiger partial charge in [-0.25, -0.2) is 0 Å². The maximum atomic E-state index is 5.81. The van der Waals surface area contributed by atoms with E-state index in [0.717, 1.165) is 11.3 Å². The average Bonchev–Trinajstić information content (AvgIpc) is 2.04. The molecule has 0 radical (unpaired) electrons. The van der Waals surface area contributed by atoms with Crippen LogP contribution in [0.25, 0.3) is 0 Å². The molecule has 0 aliphatic rings. The number of rotatable bonds is 2. The second kappa shape index (κ2) is 3.78. The van der Waals surface area contributed by atoms with Crippen molar-refractivity contribution in [3.8, 4) is 5.75 Å². The van der Waals surface area contributed by atoms with Gasteiger partial charge in [0.05, 0.1) is 7.11 Å². The molecule has 0 spiro atoms. The Morgan fingerprint density at radius 1 is 1.50 bits per heavy atom. The van der Waals surface area contributed by atoms with Gasteiger partial charge in [0, 0.05) is 16.6 Å². The summed E-state index contributed by atoms with van der Waals surface area (Å²) in [5.74, 6) is 0.786. The molecule has 0 fully saturated rings. The summed E-state index contributed by atoms with van der Waals surface area (Å²) in [4.78, 5) is 0. The van der Waals surface area contributed by atoms with Crippen LogP contribution >= 0.6 is 11.6 Å². The van der Waals surface area contributed by atoms with Gasteiger partial charge in [-0.2, -0.15) is 0 Å². The van der Waals surface area contributed by atoms with Gasteiger partial charge in [0.1, 0.15) is 5.75 Å². The second-order valence-electron chi connectivity index (χ2n) is 2.67. The summed E-state index contributed by atoms with van der Waals surface area (Å²) >= 11 is 5.81. The molecule has 2 N–H and O–H groups in total. The Hall–Kier alpha value is -0.730. The SMILES string of the molecule is COc1ccc(Cl)cc1[C@@H](C)N. The molecule has 66 valence electrons. The zero-order valence-corrected chi connectivity index (χ0v) is 7.93. The molecule has 0 saturated heterocycles. The topological polar surface area (TPSA) is 35.2 Å². The predicted octanol–water partition coefficient (Wildman–Crippen LogP) is 2.37. The number of benzene rings is 1. The van der Waals surface area contributed by atoms with E-state index in [0.29, 0.717) is 5.02 Å². The van der Waals surface area contributed by atoms with Crippen molar-refractivity contribution in [2.45, 2.75) is 13.0 Å². The van der Waals surface area contributed by atoms with Crippen LogP contribution in [0.1, 0.15) is 18.5 Å². The number of ether oxygens (including phenoxy) is 1. The smallest absolute Gasteiger partial charge is 0.123 e. The monoisotopic (exact) mass is 185 g/mol. The van der Waals surface area contributed by atoms with Gasteiger partial charge < -0.3 is 10.5 Å². The molecule has 2 nitrogen and oxygen atoms in total. The van der Waals surface area contributed by atoms with Crippen LogP contribution in [0.4, 0.5) is 0 Å². The third-order valence-corrected chi connectivity index (χ3v) is 1.92. The average molecular weight is 186 g/mol. The van der Waals surface area contributed by atoms with Gasteiger partial charge >= 0.3 is 0 Å². The van der Waals surface area contributed by atoms with Crippen LogP contribution in [0.2, 0.25) is 5.02 Å². The predicted molar refractivity (Wildman–Crippen MR) is 50.6 cm³/mol. The molecular formula is C9H12ClNO. The first-order valence-corrected chi connectivity index (χ1v) is 4.12. The molecule has 0 heterocycles. The summed E-state index contributed by atoms with van der Waals surface area (Å²) in [7, 11) is 1.62. The van der Waals surface area contributed by atoms with Gasteiger partial charge in [0.25, 0.3) is 0 Å². The van der Waals surface area contributed by atoms with E-state index in [4.69, 9.17) is 22.1 Å². The fourth-order valence-electron chi connectivity index (χ4n) is 1.06. The lowest BCUT2D eigenvalue weighted by Crippen LogP contribution is -2.06. The number of hydrogen-bond donors (Lipinski definition) is 1. The summed E-state index contributed by atoms with van der Waals surface area (Å²) in [5, 5.41) is 0.683. The Balaban J connectivity index is 3.12. The Morgan fingerprint density at radius 2 is 2.17 bits per heavy atom. The molecule has 1 aromatic rings. The van der Waals surface area contributed by atoms with Crippen molar-refractivity contribution in [1.29, 1.82) is 0 Å². The minimum atomic E-state index is -0.0568. The molecule has 0 aromatic heterocycles. The zero-order chi connectivity index (χ0) is 9.14. The molecule has 1 rings (SSSR count). The van der Waals surface area contributed by atoms with Gasteiger partial charge in [0.2, 0.25) is 0 Å². The third kappa shape index (κ3) is 1.90. The van der Waals surface area contributed by atoms with Crippen molar-refractivity contribution < 1.29 is 4.74 Å². The maximum absolute atomic E-state index is 5.81. The van der Waals surface area contributed by atoms with E-state index in [9.17, 15) is 0 Å². The lowest BCUT2D eigenvalue weighted by molar-refractivity contribution is 0.407. The van der Waals surface area contributed by atoms with Crippen LogP contribution in [0.5, 0.6) is 5.75 Å². The van der Waals surface area contributed by atoms with E-state index in [1.807, 2.05) is 19.1 Å². The quantitative estimate of drug-likeness (QED) is 0.768. The Morgan fingerprint density at radius 3 is 2.67 bits per heavy atom. The van der Waals surface area contributed by atoms with E-state index < -0.39 is 0 Å². The van der Waals surface area contributed by atoms with Crippen molar-refractivity contribution >= 4 is 11.6 Å². The molecule has 1 aromatic carbocycles. The first kappa shape index (κ1) is 9.36. The van der Waals surface area contributed by atoms with Crippen LogP contribution in [-0.2, 0) is 0 Å². The fourth-order valence-corrected chi connectivity index (χ4v) is 1.24. The highest BCUT2D eigenvalue weighted by Crippen LogP contribution is 2.26. The number of halogens is 1. The number of methoxy groups -OCH3 is 1. The lowest BCUT2D eigenvalue weighted by atomic mass is 10.1. The van der Waals surface area contributed by atoms with Crippen LogP contribution in [0.15, 0.2) is 18.2 Å². The minimum absolute atomic E-state index is 0.0568. The normalized spacial score (nSPS) is 12.7. The van der Waals surface area contributed by atoms with Gasteiger partial charge in [-0.1, -0.05) is 11.6 Å². The van der Waals surface area contributed by atoms with E-state index in [2.05, 4.69) is 0 Å². The van der Waals surface area contributed by atoms with Crippen LogP contribution in [-0.4, -0.2) is 7.11 Å². The first-order chi connectivity index (χ1) is 5.65. The molecular weight excluding hydrogens is 174 g/mol. The Kier molecular flexibility index (Phi) is 2.95. The molecule has 0 saturated carbocycles. The maximum Gasteiger partial charge on any atom is 0.123 e. The molecule has 12 heavy (non-hydrogen) atoms. The van der Waals surface area contributed by atoms with Gasteiger partial charge in [-0.15, -0.1) is 0 Å². The summed E-state index contributed by atoms with van der Waals surface area (Å²) in [5.41, 5.74) is 6.66. The molecule has 1 atom stereocenters. The van der Waals surface area contributed by atoms with Crippen LogP contribution in [0, 0.1) is 0 Å². The Labute approximate surface area is 77.3 Å². The van der Waals surface area contributed by atoms with E-state index in [1.165, 1.54) is 0 Å². The summed E-state index contributed by atoms with van der Waals surface area (Å²) in [6.45, 7) is 1.90. The van der Waals surface area contributed by atoms with Crippen molar-refractivity contribution in [2.75, 3.05) is 7.11 Å². The second-order valence-corrected chi connectivity index (χ2v) is 3.11. The largest absolute Gasteiger partial charge is 0.496 e. The van der Waals surface area contributed by atoms with Gasteiger partial charge in [0.15, 0.2) is 0 Å². The summed E-state index contributed by atoms with van der Waals surface area (Å²) < 4.78 is 5.12. The molecule has 0 aliphatic carbocycles. The summed E-state index contributed by atoms with van der Waals surface area (Å²) in [6.07, 6.45) is 0. The summed E-state index contributed by atoms with van der Waals surface area (Å²) in [6, 6.07) is 5.37. The Bertz CT molecular complexity index is 273. The van der Waals surface area contributed by atoms with E-state index in [-0.39, 0.29) is 6.04 Å². The first-order valence-electron chi connectivity index (χ1n) is 3.74. The van der Waals surface area contributed by atoms with E-state index in [1.54, 1.807) is 13.2 Å². The number of hydrogen-bond acceptors (Lipinski definition) is 2. The van der Waals surface area contributed by atoms with E-state index >= 15 is 0 Å². The molecule has 0 unspecified atom stereocenters. The number of nitrogens with two attached hydrogens (primary N) is 1. The highest BCUT2D eigenvalue weighted by Gasteiger charge is 2.07. The van der Waals surface area contributed by atoms with Crippen molar-refractivity contribution in [3.63, 3.8) is 0 Å². The van der Waals surface area contributed by atoms with Crippen LogP contribution in [0.3, 0.4) is 0 Å². The van der Waals surface area contributed by atoms with Gasteiger partial charge in [-0.3, -0.25) is 0 Å². The molecule has 0 aliphatic heterocycles. The van der Waals surface area contributed by atoms with Gasteiger partial charge in [-0.05, 0) is 25.1 Å². The molecule has 0 amide bonds. The zero-order valence-electron chi connectivity index (χ0n) is 7.17. The molecule has 0 bridgehead atoms. The minimum Gasteiger partial charge on any atom is -0.496 e.